The van der Waals surface area contributed by atoms with Crippen LogP contribution in [0.15, 0.2) is 17.1 Å². The van der Waals surface area contributed by atoms with Crippen molar-refractivity contribution in [3.63, 3.8) is 0 Å². The van der Waals surface area contributed by atoms with Gasteiger partial charge in [-0.05, 0) is 25.8 Å². The Balaban J connectivity index is 1.65. The third-order valence-electron chi connectivity index (χ3n) is 5.71. The fraction of sp³-hybridized carbons (Fsp3) is 0.667. The number of rotatable bonds is 4. The molecule has 10 heteroatoms. The first-order valence-corrected chi connectivity index (χ1v) is 9.32. The number of nitrogen functional groups attached to an aromatic ring is 1. The molecule has 0 unspecified atom stereocenters. The monoisotopic (exact) mass is 394 g/mol. The standard InChI is InChI=1S/C18H26N4O6/c1-17(27)11-18(5-8-21(9-6-18)14(23)2-3-15(24)25)28-10-12(17)22-7-4-13(19)20-16(22)26/h4,7,12,27H,2-3,5-6,8-11H2,1H3,(H,24,25)(H2,19,20,26)/t12-,17-/m0/s1. The molecule has 2 saturated heterocycles. The van der Waals surface area contributed by atoms with Crippen molar-refractivity contribution in [3.8, 4) is 0 Å². The van der Waals surface area contributed by atoms with Gasteiger partial charge in [-0.2, -0.15) is 4.98 Å². The second kappa shape index (κ2) is 7.51. The second-order valence-corrected chi connectivity index (χ2v) is 7.86. The third kappa shape index (κ3) is 4.17. The van der Waals surface area contributed by atoms with E-state index in [-0.39, 0.29) is 31.2 Å². The number of carboxylic acid groups (broad SMARTS) is 1. The number of hydrogen-bond acceptors (Lipinski definition) is 7. The number of likely N-dealkylation sites (tertiary alicyclic amines) is 1. The van der Waals surface area contributed by atoms with Gasteiger partial charge >= 0.3 is 11.7 Å². The van der Waals surface area contributed by atoms with Crippen molar-refractivity contribution in [2.45, 2.75) is 56.3 Å². The Morgan fingerprint density at radius 2 is 2.04 bits per heavy atom. The van der Waals surface area contributed by atoms with Gasteiger partial charge in [-0.25, -0.2) is 4.79 Å². The molecule has 1 aromatic rings. The fourth-order valence-corrected chi connectivity index (χ4v) is 4.16. The number of hydrogen-bond donors (Lipinski definition) is 3. The van der Waals surface area contributed by atoms with Gasteiger partial charge in [0.15, 0.2) is 0 Å². The van der Waals surface area contributed by atoms with E-state index in [1.54, 1.807) is 11.8 Å². The smallest absolute Gasteiger partial charge is 0.349 e. The molecular formula is C18H26N4O6. The van der Waals surface area contributed by atoms with Crippen molar-refractivity contribution in [1.29, 1.82) is 0 Å². The number of piperidine rings is 1. The van der Waals surface area contributed by atoms with Gasteiger partial charge < -0.3 is 25.6 Å². The number of amides is 1. The van der Waals surface area contributed by atoms with Crippen LogP contribution in [0.2, 0.25) is 0 Å². The summed E-state index contributed by atoms with van der Waals surface area (Å²) in [6.45, 7) is 2.71. The summed E-state index contributed by atoms with van der Waals surface area (Å²) in [4.78, 5) is 40.3. The van der Waals surface area contributed by atoms with E-state index in [9.17, 15) is 19.5 Å². The Kier molecular flexibility index (Phi) is 5.44. The highest BCUT2D eigenvalue weighted by atomic mass is 16.5. The highest BCUT2D eigenvalue weighted by molar-refractivity contribution is 5.80. The van der Waals surface area contributed by atoms with Crippen molar-refractivity contribution in [1.82, 2.24) is 14.5 Å². The van der Waals surface area contributed by atoms with Gasteiger partial charge in [0.25, 0.3) is 0 Å². The van der Waals surface area contributed by atoms with E-state index >= 15 is 0 Å². The quantitative estimate of drug-likeness (QED) is 0.634. The molecule has 0 saturated carbocycles. The maximum atomic E-state index is 12.1. The fourth-order valence-electron chi connectivity index (χ4n) is 4.16. The number of nitrogens with two attached hydrogens (primary N) is 1. The molecule has 0 bridgehead atoms. The third-order valence-corrected chi connectivity index (χ3v) is 5.71. The highest BCUT2D eigenvalue weighted by Crippen LogP contribution is 2.43. The molecule has 1 amide bonds. The van der Waals surface area contributed by atoms with E-state index in [4.69, 9.17) is 15.6 Å². The maximum Gasteiger partial charge on any atom is 0.349 e. The van der Waals surface area contributed by atoms with Crippen LogP contribution in [0.4, 0.5) is 5.82 Å². The summed E-state index contributed by atoms with van der Waals surface area (Å²) < 4.78 is 7.45. The molecule has 1 aromatic heterocycles. The van der Waals surface area contributed by atoms with Crippen molar-refractivity contribution in [2.24, 2.45) is 0 Å². The molecule has 2 aliphatic heterocycles. The number of aliphatic carboxylic acids is 1. The molecule has 10 nitrogen and oxygen atoms in total. The van der Waals surface area contributed by atoms with E-state index in [2.05, 4.69) is 4.98 Å². The number of carbonyl (C=O) groups excluding carboxylic acids is 1. The predicted octanol–water partition coefficient (Wildman–Crippen LogP) is -0.236. The zero-order chi connectivity index (χ0) is 20.5. The van der Waals surface area contributed by atoms with Crippen LogP contribution in [-0.2, 0) is 14.3 Å². The SMILES string of the molecule is C[C@]1(O)CC2(CCN(C(=O)CCC(=O)O)CC2)OC[C@@H]1n1ccc(N)nc1=O. The van der Waals surface area contributed by atoms with Crippen LogP contribution in [0, 0.1) is 0 Å². The minimum absolute atomic E-state index is 0.0178. The first kappa shape index (κ1) is 20.3. The average Bonchev–Trinajstić information content (AvgIpc) is 2.61. The van der Waals surface area contributed by atoms with E-state index in [1.807, 2.05) is 0 Å². The Morgan fingerprint density at radius 3 is 2.61 bits per heavy atom. The van der Waals surface area contributed by atoms with Gasteiger partial charge in [0, 0.05) is 32.1 Å². The van der Waals surface area contributed by atoms with Crippen molar-refractivity contribution in [2.75, 3.05) is 25.4 Å². The maximum absolute atomic E-state index is 12.1. The molecule has 2 fully saturated rings. The molecule has 3 rings (SSSR count). The van der Waals surface area contributed by atoms with Crippen LogP contribution in [-0.4, -0.2) is 67.4 Å². The Labute approximate surface area is 161 Å². The largest absolute Gasteiger partial charge is 0.481 e. The molecule has 0 aromatic carbocycles. The summed E-state index contributed by atoms with van der Waals surface area (Å²) in [5.41, 5.74) is 3.22. The minimum Gasteiger partial charge on any atom is -0.481 e. The van der Waals surface area contributed by atoms with E-state index in [0.29, 0.717) is 32.4 Å². The summed E-state index contributed by atoms with van der Waals surface area (Å²) in [5.74, 6) is -1.06. The number of anilines is 1. The lowest BCUT2D eigenvalue weighted by molar-refractivity contribution is -0.198. The van der Waals surface area contributed by atoms with Gasteiger partial charge in [0.05, 0.1) is 30.3 Å². The topological polar surface area (TPSA) is 148 Å². The van der Waals surface area contributed by atoms with E-state index < -0.39 is 28.9 Å². The summed E-state index contributed by atoms with van der Waals surface area (Å²) in [6.07, 6.45) is 2.72. The second-order valence-electron chi connectivity index (χ2n) is 7.86. The van der Waals surface area contributed by atoms with Gasteiger partial charge in [0.1, 0.15) is 5.82 Å². The minimum atomic E-state index is -1.20. The Morgan fingerprint density at radius 1 is 1.36 bits per heavy atom. The number of carboxylic acids is 1. The molecule has 154 valence electrons. The Hall–Kier alpha value is -2.46. The molecule has 2 atom stereocenters. The number of nitrogens with zero attached hydrogens (tertiary/aromatic N) is 3. The number of carbonyl (C=O) groups is 2. The summed E-state index contributed by atoms with van der Waals surface area (Å²) in [6, 6.07) is 0.914. The van der Waals surface area contributed by atoms with Crippen molar-refractivity contribution < 1.29 is 24.5 Å². The molecule has 0 radical (unpaired) electrons. The molecule has 3 heterocycles. The van der Waals surface area contributed by atoms with E-state index in [1.165, 1.54) is 16.8 Å². The summed E-state index contributed by atoms with van der Waals surface area (Å²) in [7, 11) is 0. The lowest BCUT2D eigenvalue weighted by Gasteiger charge is -2.51. The molecular weight excluding hydrogens is 368 g/mol. The number of aromatic nitrogens is 2. The zero-order valence-electron chi connectivity index (χ0n) is 15.8. The zero-order valence-corrected chi connectivity index (χ0v) is 15.8. The first-order chi connectivity index (χ1) is 13.1. The Bertz CT molecular complexity index is 813. The lowest BCUT2D eigenvalue weighted by Crippen LogP contribution is -2.59. The first-order valence-electron chi connectivity index (χ1n) is 9.32. The summed E-state index contributed by atoms with van der Waals surface area (Å²) >= 11 is 0. The molecule has 2 aliphatic rings. The van der Waals surface area contributed by atoms with Crippen LogP contribution >= 0.6 is 0 Å². The van der Waals surface area contributed by atoms with Crippen molar-refractivity contribution in [3.05, 3.63) is 22.7 Å². The van der Waals surface area contributed by atoms with Crippen LogP contribution in [0.25, 0.3) is 0 Å². The molecule has 1 spiro atoms. The number of ether oxygens (including phenoxy) is 1. The molecule has 0 aliphatic carbocycles. The lowest BCUT2D eigenvalue weighted by atomic mass is 9.75. The van der Waals surface area contributed by atoms with Crippen LogP contribution < -0.4 is 11.4 Å². The van der Waals surface area contributed by atoms with Gasteiger partial charge in [-0.1, -0.05) is 0 Å². The normalized spacial score (nSPS) is 26.9. The van der Waals surface area contributed by atoms with Crippen LogP contribution in [0.3, 0.4) is 0 Å². The molecule has 28 heavy (non-hydrogen) atoms. The average molecular weight is 394 g/mol. The summed E-state index contributed by atoms with van der Waals surface area (Å²) in [5, 5.41) is 19.8. The highest BCUT2D eigenvalue weighted by Gasteiger charge is 2.50. The van der Waals surface area contributed by atoms with Crippen LogP contribution in [0.1, 0.15) is 45.1 Å². The van der Waals surface area contributed by atoms with Gasteiger partial charge in [-0.3, -0.25) is 14.2 Å². The van der Waals surface area contributed by atoms with Crippen LogP contribution in [0.5, 0.6) is 0 Å². The van der Waals surface area contributed by atoms with E-state index in [0.717, 1.165) is 0 Å². The van der Waals surface area contributed by atoms with Gasteiger partial charge in [0.2, 0.25) is 5.91 Å². The molecule has 4 N–H and O–H groups in total. The van der Waals surface area contributed by atoms with Gasteiger partial charge in [-0.15, -0.1) is 0 Å². The van der Waals surface area contributed by atoms with Crippen molar-refractivity contribution >= 4 is 17.7 Å². The predicted molar refractivity (Wildman–Crippen MR) is 98.6 cm³/mol. The number of aliphatic hydroxyl groups is 1.